The largest absolute Gasteiger partial charge is 0.478 e. The fraction of sp³-hybridized carbons (Fsp3) is 0.318. The number of aryl methyl sites for hydroxylation is 1. The van der Waals surface area contributed by atoms with Crippen molar-refractivity contribution in [3.63, 3.8) is 0 Å². The van der Waals surface area contributed by atoms with Gasteiger partial charge in [-0.15, -0.1) is 0 Å². The summed E-state index contributed by atoms with van der Waals surface area (Å²) >= 11 is 0. The first-order valence-corrected chi connectivity index (χ1v) is 9.26. The average molecular weight is 363 g/mol. The summed E-state index contributed by atoms with van der Waals surface area (Å²) in [5, 5.41) is 9.54. The van der Waals surface area contributed by atoms with Crippen molar-refractivity contribution in [1.29, 1.82) is 0 Å². The summed E-state index contributed by atoms with van der Waals surface area (Å²) in [6.07, 6.45) is 2.35. The Labute approximate surface area is 156 Å². The van der Waals surface area contributed by atoms with Gasteiger partial charge in [0.1, 0.15) is 11.3 Å². The molecule has 0 spiro atoms. The third-order valence-corrected chi connectivity index (χ3v) is 5.18. The Hall–Kier alpha value is -2.95. The minimum absolute atomic E-state index is 0.0956. The van der Waals surface area contributed by atoms with Crippen molar-refractivity contribution < 1.29 is 14.3 Å². The summed E-state index contributed by atoms with van der Waals surface area (Å²) in [5.74, 6) is 0.104. The molecule has 0 amide bonds. The molecule has 0 radical (unpaired) electrons. The molecule has 4 rings (SSSR count). The molecular weight excluding hydrogens is 342 g/mol. The number of rotatable bonds is 5. The molecule has 0 aliphatic heterocycles. The first-order chi connectivity index (χ1) is 13.0. The maximum Gasteiger partial charge on any atom is 0.335 e. The minimum atomic E-state index is -1.05. The number of nitrogens with zero attached hydrogens (tertiary/aromatic N) is 1. The van der Waals surface area contributed by atoms with Gasteiger partial charge in [-0.1, -0.05) is 19.4 Å². The quantitative estimate of drug-likeness (QED) is 0.726. The van der Waals surface area contributed by atoms with E-state index in [1.165, 1.54) is 12.1 Å². The average Bonchev–Trinajstić information content (AvgIpc) is 3.44. The van der Waals surface area contributed by atoms with Crippen LogP contribution in [0.25, 0.3) is 11.0 Å². The van der Waals surface area contributed by atoms with E-state index in [0.717, 1.165) is 30.0 Å². The number of carboxylic acid groups (broad SMARTS) is 1. The van der Waals surface area contributed by atoms with E-state index in [1.54, 1.807) is 6.07 Å². The van der Waals surface area contributed by atoms with Gasteiger partial charge in [0.05, 0.1) is 10.9 Å². The van der Waals surface area contributed by atoms with Crippen LogP contribution in [0.4, 0.5) is 0 Å². The van der Waals surface area contributed by atoms with Crippen molar-refractivity contribution in [2.24, 2.45) is 0 Å². The fourth-order valence-electron chi connectivity index (χ4n) is 3.75. The van der Waals surface area contributed by atoms with Crippen molar-refractivity contribution in [3.8, 4) is 0 Å². The first-order valence-electron chi connectivity index (χ1n) is 9.26. The molecule has 138 valence electrons. The maximum absolute atomic E-state index is 13.1. The molecule has 0 bridgehead atoms. The highest BCUT2D eigenvalue weighted by Gasteiger charge is 2.44. The fourth-order valence-corrected chi connectivity index (χ4v) is 3.75. The van der Waals surface area contributed by atoms with Crippen LogP contribution in [0.1, 0.15) is 64.7 Å². The van der Waals surface area contributed by atoms with E-state index in [1.807, 2.05) is 32.0 Å². The molecule has 1 fully saturated rings. The zero-order valence-electron chi connectivity index (χ0n) is 15.4. The molecule has 27 heavy (non-hydrogen) atoms. The Balaban J connectivity index is 1.81. The van der Waals surface area contributed by atoms with Crippen molar-refractivity contribution in [2.75, 3.05) is 0 Å². The normalized spacial score (nSPS) is 18.6. The van der Waals surface area contributed by atoms with Crippen LogP contribution < -0.4 is 5.43 Å². The molecule has 5 heteroatoms. The van der Waals surface area contributed by atoms with Gasteiger partial charge in [0.25, 0.3) is 0 Å². The van der Waals surface area contributed by atoms with Crippen LogP contribution in [-0.2, 0) is 6.42 Å². The van der Waals surface area contributed by atoms with E-state index >= 15 is 0 Å². The zero-order valence-corrected chi connectivity index (χ0v) is 15.4. The van der Waals surface area contributed by atoms with Gasteiger partial charge in [-0.25, -0.2) is 4.79 Å². The maximum atomic E-state index is 13.1. The lowest BCUT2D eigenvalue weighted by atomic mass is 10.0. The third-order valence-electron chi connectivity index (χ3n) is 5.18. The van der Waals surface area contributed by atoms with Gasteiger partial charge in [-0.3, -0.25) is 9.78 Å². The molecule has 1 aliphatic carbocycles. The van der Waals surface area contributed by atoms with E-state index in [9.17, 15) is 14.7 Å². The van der Waals surface area contributed by atoms with Gasteiger partial charge in [-0.05, 0) is 50.1 Å². The van der Waals surface area contributed by atoms with Gasteiger partial charge in [-0.2, -0.15) is 0 Å². The molecule has 1 aliphatic rings. The highest BCUT2D eigenvalue weighted by atomic mass is 16.4. The Morgan fingerprint density at radius 3 is 2.78 bits per heavy atom. The highest BCUT2D eigenvalue weighted by Crippen LogP contribution is 2.55. The smallest absolute Gasteiger partial charge is 0.335 e. The molecule has 5 nitrogen and oxygen atoms in total. The van der Waals surface area contributed by atoms with Gasteiger partial charge < -0.3 is 9.52 Å². The molecular formula is C22H21NO4. The minimum Gasteiger partial charge on any atom is -0.478 e. The van der Waals surface area contributed by atoms with Crippen molar-refractivity contribution in [1.82, 2.24) is 4.98 Å². The second-order valence-electron chi connectivity index (χ2n) is 7.19. The van der Waals surface area contributed by atoms with E-state index < -0.39 is 5.97 Å². The van der Waals surface area contributed by atoms with Crippen LogP contribution in [0.15, 0.2) is 45.6 Å². The second kappa shape index (κ2) is 6.65. The van der Waals surface area contributed by atoms with Crippen LogP contribution in [0.2, 0.25) is 0 Å². The van der Waals surface area contributed by atoms with Crippen LogP contribution in [0, 0.1) is 6.92 Å². The van der Waals surface area contributed by atoms with E-state index in [-0.39, 0.29) is 22.8 Å². The number of aromatic nitrogens is 1. The molecule has 2 aromatic heterocycles. The van der Waals surface area contributed by atoms with E-state index in [2.05, 4.69) is 4.98 Å². The monoisotopic (exact) mass is 363 g/mol. The number of hydrogen-bond donors (Lipinski definition) is 1. The molecule has 2 atom stereocenters. The standard InChI is InChI=1S/C22H21NO4/c1-3-5-14-20(24)17-10-13(22(25)26)8-9-19(17)27-21(14)16-11-15(16)18-7-4-6-12(2)23-18/h4,6-10,15-16H,3,5,11H2,1-2H3,(H,25,26)/t15-,16-/m1/s1. The number of aromatic carboxylic acids is 1. The summed E-state index contributed by atoms with van der Waals surface area (Å²) in [6, 6.07) is 10.5. The summed E-state index contributed by atoms with van der Waals surface area (Å²) < 4.78 is 6.15. The predicted molar refractivity (Wildman–Crippen MR) is 103 cm³/mol. The first kappa shape index (κ1) is 17.5. The third kappa shape index (κ3) is 3.14. The lowest BCUT2D eigenvalue weighted by Gasteiger charge is -2.10. The van der Waals surface area contributed by atoms with Crippen molar-refractivity contribution in [2.45, 2.75) is 44.9 Å². The Morgan fingerprint density at radius 2 is 2.07 bits per heavy atom. The zero-order chi connectivity index (χ0) is 19.1. The van der Waals surface area contributed by atoms with Gasteiger partial charge in [0.15, 0.2) is 5.43 Å². The summed E-state index contributed by atoms with van der Waals surface area (Å²) in [7, 11) is 0. The molecule has 0 unspecified atom stereocenters. The van der Waals surface area contributed by atoms with Crippen LogP contribution in [0.5, 0.6) is 0 Å². The molecule has 1 saturated carbocycles. The number of carbonyl (C=O) groups is 1. The number of fused-ring (bicyclic) bond motifs is 1. The molecule has 0 saturated heterocycles. The Bertz CT molecular complexity index is 1100. The highest BCUT2D eigenvalue weighted by molar-refractivity contribution is 5.92. The number of carboxylic acids is 1. The topological polar surface area (TPSA) is 80.4 Å². The summed E-state index contributed by atoms with van der Waals surface area (Å²) in [6.45, 7) is 3.99. The van der Waals surface area contributed by atoms with Crippen molar-refractivity contribution in [3.05, 3.63) is 74.9 Å². The van der Waals surface area contributed by atoms with Crippen LogP contribution in [0.3, 0.4) is 0 Å². The van der Waals surface area contributed by atoms with Gasteiger partial charge in [0, 0.05) is 28.8 Å². The van der Waals surface area contributed by atoms with Gasteiger partial charge in [0.2, 0.25) is 0 Å². The second-order valence-corrected chi connectivity index (χ2v) is 7.19. The van der Waals surface area contributed by atoms with Gasteiger partial charge >= 0.3 is 5.97 Å². The number of pyridine rings is 1. The molecule has 2 heterocycles. The molecule has 1 aromatic carbocycles. The summed E-state index contributed by atoms with van der Waals surface area (Å²) in [5.41, 5.74) is 3.12. The lowest BCUT2D eigenvalue weighted by Crippen LogP contribution is -2.13. The Morgan fingerprint density at radius 1 is 1.26 bits per heavy atom. The summed E-state index contributed by atoms with van der Waals surface area (Å²) in [4.78, 5) is 28.9. The predicted octanol–water partition coefficient (Wildman–Crippen LogP) is 4.42. The Kier molecular flexibility index (Phi) is 4.30. The van der Waals surface area contributed by atoms with Crippen molar-refractivity contribution >= 4 is 16.9 Å². The number of hydrogen-bond acceptors (Lipinski definition) is 4. The lowest BCUT2D eigenvalue weighted by molar-refractivity contribution is 0.0697. The SMILES string of the molecule is CCCc1c([C@@H]2C[C@H]2c2cccc(C)n2)oc2ccc(C(=O)O)cc2c1=O. The van der Waals surface area contributed by atoms with E-state index in [0.29, 0.717) is 23.0 Å². The van der Waals surface area contributed by atoms with Crippen LogP contribution in [-0.4, -0.2) is 16.1 Å². The van der Waals surface area contributed by atoms with Crippen LogP contribution >= 0.6 is 0 Å². The molecule has 3 aromatic rings. The van der Waals surface area contributed by atoms with E-state index in [4.69, 9.17) is 4.42 Å². The number of benzene rings is 1. The molecule has 1 N–H and O–H groups in total.